The van der Waals surface area contributed by atoms with E-state index < -0.39 is 0 Å². The Morgan fingerprint density at radius 1 is 1.47 bits per heavy atom. The molecule has 0 saturated carbocycles. The van der Waals surface area contributed by atoms with Crippen molar-refractivity contribution in [1.82, 2.24) is 15.2 Å². The second kappa shape index (κ2) is 10.4. The molecule has 110 valence electrons. The van der Waals surface area contributed by atoms with E-state index in [-0.39, 0.29) is 24.0 Å². The monoisotopic (exact) mass is 396 g/mol. The number of halogens is 1. The summed E-state index contributed by atoms with van der Waals surface area (Å²) in [6, 6.07) is 0. The van der Waals surface area contributed by atoms with Crippen molar-refractivity contribution in [2.75, 3.05) is 20.6 Å². The lowest BCUT2D eigenvalue weighted by molar-refractivity contribution is 0.469. The van der Waals surface area contributed by atoms with Crippen LogP contribution in [0.5, 0.6) is 0 Å². The number of nitrogens with one attached hydrogen (secondary N) is 1. The van der Waals surface area contributed by atoms with Gasteiger partial charge in [-0.1, -0.05) is 19.8 Å². The zero-order valence-electron chi connectivity index (χ0n) is 12.3. The zero-order valence-corrected chi connectivity index (χ0v) is 15.4. The van der Waals surface area contributed by atoms with Gasteiger partial charge in [-0.2, -0.15) is 0 Å². The lowest BCUT2D eigenvalue weighted by Gasteiger charge is -2.21. The van der Waals surface area contributed by atoms with E-state index in [4.69, 9.17) is 0 Å². The minimum atomic E-state index is 0. The molecule has 19 heavy (non-hydrogen) atoms. The SMILES string of the molecule is CCCCCNC(=NC)N(C)Cc1csc(C)n1.I. The Balaban J connectivity index is 0.00000324. The van der Waals surface area contributed by atoms with Crippen molar-refractivity contribution in [3.8, 4) is 0 Å². The van der Waals surface area contributed by atoms with Gasteiger partial charge < -0.3 is 10.2 Å². The quantitative estimate of drug-likeness (QED) is 0.347. The van der Waals surface area contributed by atoms with Crippen LogP contribution in [-0.4, -0.2) is 36.5 Å². The highest BCUT2D eigenvalue weighted by Crippen LogP contribution is 2.09. The summed E-state index contributed by atoms with van der Waals surface area (Å²) in [7, 11) is 3.87. The van der Waals surface area contributed by atoms with Gasteiger partial charge in [0.2, 0.25) is 0 Å². The molecule has 4 nitrogen and oxygen atoms in total. The highest BCUT2D eigenvalue weighted by Gasteiger charge is 2.07. The Labute approximate surface area is 137 Å². The van der Waals surface area contributed by atoms with Gasteiger partial charge in [0, 0.05) is 26.0 Å². The molecule has 0 amide bonds. The van der Waals surface area contributed by atoms with Gasteiger partial charge in [-0.15, -0.1) is 35.3 Å². The summed E-state index contributed by atoms with van der Waals surface area (Å²) in [5.74, 6) is 0.941. The summed E-state index contributed by atoms with van der Waals surface area (Å²) >= 11 is 1.69. The fourth-order valence-corrected chi connectivity index (χ4v) is 2.36. The third-order valence-corrected chi connectivity index (χ3v) is 3.52. The third-order valence-electron chi connectivity index (χ3n) is 2.70. The van der Waals surface area contributed by atoms with Crippen LogP contribution in [0.25, 0.3) is 0 Å². The first-order chi connectivity index (χ1) is 8.67. The normalized spacial score (nSPS) is 11.1. The van der Waals surface area contributed by atoms with Crippen LogP contribution in [0, 0.1) is 6.92 Å². The molecule has 0 fully saturated rings. The zero-order chi connectivity index (χ0) is 13.4. The van der Waals surface area contributed by atoms with E-state index in [9.17, 15) is 0 Å². The number of guanidine groups is 1. The molecule has 1 aromatic heterocycles. The maximum atomic E-state index is 4.47. The Bertz CT molecular complexity index is 378. The molecular formula is C13H25IN4S. The average molecular weight is 396 g/mol. The van der Waals surface area contributed by atoms with Crippen molar-refractivity contribution in [2.45, 2.75) is 39.7 Å². The fourth-order valence-electron chi connectivity index (χ4n) is 1.76. The number of aliphatic imine (C=N–C) groups is 1. The number of hydrogen-bond acceptors (Lipinski definition) is 3. The molecule has 1 rings (SSSR count). The lowest BCUT2D eigenvalue weighted by atomic mass is 10.2. The largest absolute Gasteiger partial charge is 0.356 e. The number of rotatable bonds is 6. The van der Waals surface area contributed by atoms with Gasteiger partial charge in [-0.25, -0.2) is 4.98 Å². The molecule has 0 aromatic carbocycles. The highest BCUT2D eigenvalue weighted by molar-refractivity contribution is 14.0. The molecule has 0 saturated heterocycles. The summed E-state index contributed by atoms with van der Waals surface area (Å²) in [5.41, 5.74) is 1.11. The van der Waals surface area contributed by atoms with Crippen LogP contribution in [0.3, 0.4) is 0 Å². The van der Waals surface area contributed by atoms with Crippen molar-refractivity contribution in [1.29, 1.82) is 0 Å². The first-order valence-electron chi connectivity index (χ1n) is 6.50. The van der Waals surface area contributed by atoms with Crippen LogP contribution in [-0.2, 0) is 6.54 Å². The molecule has 1 aromatic rings. The van der Waals surface area contributed by atoms with Gasteiger partial charge in [0.1, 0.15) is 0 Å². The lowest BCUT2D eigenvalue weighted by Crippen LogP contribution is -2.38. The number of aryl methyl sites for hydroxylation is 1. The summed E-state index contributed by atoms with van der Waals surface area (Å²) in [5, 5.41) is 6.61. The molecule has 0 spiro atoms. The van der Waals surface area contributed by atoms with Crippen molar-refractivity contribution in [3.05, 3.63) is 16.1 Å². The minimum absolute atomic E-state index is 0. The number of nitrogens with zero attached hydrogens (tertiary/aromatic N) is 3. The Kier molecular flexibility index (Phi) is 10.2. The Morgan fingerprint density at radius 2 is 2.21 bits per heavy atom. The number of thiazole rings is 1. The molecule has 1 N–H and O–H groups in total. The minimum Gasteiger partial charge on any atom is -0.356 e. The maximum Gasteiger partial charge on any atom is 0.193 e. The molecule has 0 aliphatic carbocycles. The molecule has 0 aliphatic rings. The molecule has 1 heterocycles. The third kappa shape index (κ3) is 7.10. The molecule has 0 atom stereocenters. The van der Waals surface area contributed by atoms with E-state index in [0.717, 1.165) is 29.8 Å². The van der Waals surface area contributed by atoms with Crippen LogP contribution in [0.2, 0.25) is 0 Å². The smallest absolute Gasteiger partial charge is 0.193 e. The maximum absolute atomic E-state index is 4.47. The number of aromatic nitrogens is 1. The van der Waals surface area contributed by atoms with Crippen molar-refractivity contribution in [2.24, 2.45) is 4.99 Å². The van der Waals surface area contributed by atoms with Crippen molar-refractivity contribution >= 4 is 41.3 Å². The molecule has 6 heteroatoms. The van der Waals surface area contributed by atoms with Gasteiger partial charge in [0.05, 0.1) is 17.2 Å². The summed E-state index contributed by atoms with van der Waals surface area (Å²) in [4.78, 5) is 10.9. The summed E-state index contributed by atoms with van der Waals surface area (Å²) in [6.45, 7) is 6.04. The second-order valence-electron chi connectivity index (χ2n) is 4.40. The molecular weight excluding hydrogens is 371 g/mol. The summed E-state index contributed by atoms with van der Waals surface area (Å²) < 4.78 is 0. The van der Waals surface area contributed by atoms with E-state index in [2.05, 4.69) is 32.5 Å². The molecule has 0 aliphatic heterocycles. The van der Waals surface area contributed by atoms with Gasteiger partial charge in [-0.05, 0) is 13.3 Å². The molecule has 0 radical (unpaired) electrons. The van der Waals surface area contributed by atoms with Gasteiger partial charge >= 0.3 is 0 Å². The fraction of sp³-hybridized carbons (Fsp3) is 0.692. The van der Waals surface area contributed by atoms with Gasteiger partial charge in [-0.3, -0.25) is 4.99 Å². The standard InChI is InChI=1S/C13H24N4S.HI/c1-5-6-7-8-15-13(14-3)17(4)9-12-10-18-11(2)16-12;/h10H,5-9H2,1-4H3,(H,14,15);1H. The number of unbranched alkanes of at least 4 members (excludes halogenated alkanes) is 2. The van der Waals surface area contributed by atoms with E-state index in [1.807, 2.05) is 21.0 Å². The van der Waals surface area contributed by atoms with Gasteiger partial charge in [0.25, 0.3) is 0 Å². The molecule has 0 bridgehead atoms. The second-order valence-corrected chi connectivity index (χ2v) is 5.46. The first-order valence-corrected chi connectivity index (χ1v) is 7.38. The summed E-state index contributed by atoms with van der Waals surface area (Å²) in [6.07, 6.45) is 3.70. The predicted octanol–water partition coefficient (Wildman–Crippen LogP) is 3.27. The van der Waals surface area contributed by atoms with Crippen molar-refractivity contribution in [3.63, 3.8) is 0 Å². The van der Waals surface area contributed by atoms with E-state index in [0.29, 0.717) is 0 Å². The predicted molar refractivity (Wildman–Crippen MR) is 94.6 cm³/mol. The Hall–Kier alpha value is -0.370. The average Bonchev–Trinajstić information content (AvgIpc) is 2.75. The van der Waals surface area contributed by atoms with Crippen LogP contribution in [0.15, 0.2) is 10.4 Å². The molecule has 0 unspecified atom stereocenters. The van der Waals surface area contributed by atoms with Crippen molar-refractivity contribution < 1.29 is 0 Å². The first kappa shape index (κ1) is 18.6. The highest BCUT2D eigenvalue weighted by atomic mass is 127. The van der Waals surface area contributed by atoms with E-state index in [1.54, 1.807) is 11.3 Å². The van der Waals surface area contributed by atoms with Crippen LogP contribution in [0.4, 0.5) is 0 Å². The Morgan fingerprint density at radius 3 is 2.74 bits per heavy atom. The van der Waals surface area contributed by atoms with Gasteiger partial charge in [0.15, 0.2) is 5.96 Å². The number of hydrogen-bond donors (Lipinski definition) is 1. The van der Waals surface area contributed by atoms with E-state index in [1.165, 1.54) is 19.3 Å². The van der Waals surface area contributed by atoms with Crippen LogP contribution in [0.1, 0.15) is 36.9 Å². The topological polar surface area (TPSA) is 40.5 Å². The van der Waals surface area contributed by atoms with E-state index >= 15 is 0 Å². The van der Waals surface area contributed by atoms with Crippen LogP contribution >= 0.6 is 35.3 Å². The van der Waals surface area contributed by atoms with Crippen LogP contribution < -0.4 is 5.32 Å².